The Labute approximate surface area is 178 Å². The van der Waals surface area contributed by atoms with Crippen molar-refractivity contribution in [1.82, 2.24) is 9.47 Å². The van der Waals surface area contributed by atoms with Crippen LogP contribution in [0.25, 0.3) is 10.9 Å². The topological polar surface area (TPSA) is 51.5 Å². The van der Waals surface area contributed by atoms with Crippen LogP contribution in [-0.4, -0.2) is 34.5 Å². The third-order valence-corrected chi connectivity index (χ3v) is 5.44. The molecule has 3 aromatic rings. The van der Waals surface area contributed by atoms with Crippen LogP contribution >= 0.6 is 0 Å². The molecule has 0 aliphatic carbocycles. The normalized spacial score (nSPS) is 10.9. The maximum Gasteiger partial charge on any atom is 0.325 e. The molecule has 1 amide bonds. The molecule has 0 N–H and O–H groups in total. The van der Waals surface area contributed by atoms with Gasteiger partial charge in [-0.15, -0.1) is 0 Å². The Hall–Kier alpha value is -3.08. The molecule has 30 heavy (non-hydrogen) atoms. The van der Waals surface area contributed by atoms with Gasteiger partial charge in [-0.25, -0.2) is 0 Å². The number of aryl methyl sites for hydroxylation is 3. The molecule has 0 spiro atoms. The van der Waals surface area contributed by atoms with Gasteiger partial charge in [0.2, 0.25) is 0 Å². The third-order valence-electron chi connectivity index (χ3n) is 5.44. The predicted octanol–water partition coefficient (Wildman–Crippen LogP) is 4.74. The first-order valence-electron chi connectivity index (χ1n) is 10.6. The number of esters is 1. The highest BCUT2D eigenvalue weighted by Gasteiger charge is 2.26. The molecule has 0 atom stereocenters. The quantitative estimate of drug-likeness (QED) is 0.508. The fraction of sp³-hybridized carbons (Fsp3) is 0.360. The zero-order valence-corrected chi connectivity index (χ0v) is 18.3. The highest BCUT2D eigenvalue weighted by Crippen LogP contribution is 2.28. The van der Waals surface area contributed by atoms with E-state index in [1.807, 2.05) is 44.2 Å². The Morgan fingerprint density at radius 2 is 1.73 bits per heavy atom. The van der Waals surface area contributed by atoms with Gasteiger partial charge >= 0.3 is 5.97 Å². The Kier molecular flexibility index (Phi) is 6.93. The van der Waals surface area contributed by atoms with Gasteiger partial charge in [0.25, 0.3) is 5.91 Å². The van der Waals surface area contributed by atoms with Crippen LogP contribution in [0.1, 0.15) is 48.0 Å². The van der Waals surface area contributed by atoms with Crippen LogP contribution in [0.15, 0.2) is 48.5 Å². The number of fused-ring (bicyclic) bond motifs is 1. The molecule has 0 fully saturated rings. The van der Waals surface area contributed by atoms with Crippen LogP contribution in [-0.2, 0) is 29.0 Å². The minimum atomic E-state index is -0.396. The van der Waals surface area contributed by atoms with Gasteiger partial charge in [0.05, 0.1) is 6.61 Å². The van der Waals surface area contributed by atoms with Gasteiger partial charge in [0, 0.05) is 24.0 Å². The molecule has 0 unspecified atom stereocenters. The lowest BCUT2D eigenvalue weighted by Crippen LogP contribution is -2.37. The summed E-state index contributed by atoms with van der Waals surface area (Å²) in [6, 6.07) is 16.1. The average molecular weight is 407 g/mol. The van der Waals surface area contributed by atoms with Crippen molar-refractivity contribution in [2.75, 3.05) is 13.2 Å². The van der Waals surface area contributed by atoms with E-state index in [4.69, 9.17) is 4.74 Å². The van der Waals surface area contributed by atoms with E-state index in [2.05, 4.69) is 29.7 Å². The number of hydrogen-bond acceptors (Lipinski definition) is 3. The van der Waals surface area contributed by atoms with Crippen molar-refractivity contribution in [3.8, 4) is 0 Å². The molecule has 1 aromatic heterocycles. The molecule has 5 heteroatoms. The minimum absolute atomic E-state index is 0.0769. The zero-order chi connectivity index (χ0) is 21.7. The molecule has 5 nitrogen and oxygen atoms in total. The number of carbonyl (C=O) groups is 2. The maximum atomic E-state index is 13.7. The molecular weight excluding hydrogens is 376 g/mol. The summed E-state index contributed by atoms with van der Waals surface area (Å²) in [5.74, 6) is -0.549. The summed E-state index contributed by atoms with van der Waals surface area (Å²) in [6.07, 6.45) is 0.943. The molecule has 0 saturated heterocycles. The first-order valence-corrected chi connectivity index (χ1v) is 10.6. The Bertz CT molecular complexity index is 1040. The fourth-order valence-corrected chi connectivity index (χ4v) is 3.91. The van der Waals surface area contributed by atoms with Gasteiger partial charge < -0.3 is 14.2 Å². The summed E-state index contributed by atoms with van der Waals surface area (Å²) in [5, 5.41) is 1.09. The van der Waals surface area contributed by atoms with Gasteiger partial charge in [-0.3, -0.25) is 9.59 Å². The minimum Gasteiger partial charge on any atom is -0.465 e. The Morgan fingerprint density at radius 1 is 1.00 bits per heavy atom. The third kappa shape index (κ3) is 4.40. The lowest BCUT2D eigenvalue weighted by atomic mass is 10.1. The van der Waals surface area contributed by atoms with Crippen molar-refractivity contribution in [2.24, 2.45) is 0 Å². The van der Waals surface area contributed by atoms with E-state index in [1.165, 1.54) is 5.56 Å². The lowest BCUT2D eigenvalue weighted by molar-refractivity contribution is -0.143. The van der Waals surface area contributed by atoms with Gasteiger partial charge in [0.15, 0.2) is 0 Å². The number of hydrogen-bond donors (Lipinski definition) is 0. The van der Waals surface area contributed by atoms with Gasteiger partial charge in [-0.2, -0.15) is 0 Å². The summed E-state index contributed by atoms with van der Waals surface area (Å²) in [5.41, 5.74) is 4.85. The van der Waals surface area contributed by atoms with Crippen LogP contribution < -0.4 is 0 Å². The number of carbonyl (C=O) groups excluding carboxylic acids is 2. The summed E-state index contributed by atoms with van der Waals surface area (Å²) >= 11 is 0. The Morgan fingerprint density at radius 3 is 2.37 bits per heavy atom. The number of nitrogens with zero attached hydrogens (tertiary/aromatic N) is 2. The van der Waals surface area contributed by atoms with Crippen molar-refractivity contribution in [3.63, 3.8) is 0 Å². The van der Waals surface area contributed by atoms with Gasteiger partial charge in [-0.1, -0.05) is 43.3 Å². The van der Waals surface area contributed by atoms with Crippen molar-refractivity contribution in [2.45, 2.75) is 47.2 Å². The zero-order valence-electron chi connectivity index (χ0n) is 18.3. The van der Waals surface area contributed by atoms with Crippen molar-refractivity contribution < 1.29 is 14.3 Å². The molecule has 3 rings (SSSR count). The maximum absolute atomic E-state index is 13.7. The number of rotatable bonds is 8. The molecule has 0 radical (unpaired) electrons. The number of ether oxygens (including phenoxy) is 1. The first-order chi connectivity index (χ1) is 14.5. The first kappa shape index (κ1) is 21.6. The Balaban J connectivity index is 2.05. The molecule has 0 saturated carbocycles. The largest absolute Gasteiger partial charge is 0.465 e. The predicted molar refractivity (Wildman–Crippen MR) is 120 cm³/mol. The van der Waals surface area contributed by atoms with Crippen LogP contribution in [0.2, 0.25) is 0 Å². The molecular formula is C25H30N2O3. The number of aromatic nitrogens is 1. The van der Waals surface area contributed by atoms with Crippen molar-refractivity contribution in [1.29, 1.82) is 0 Å². The molecule has 0 bridgehead atoms. The second-order valence-electron chi connectivity index (χ2n) is 7.37. The van der Waals surface area contributed by atoms with E-state index in [9.17, 15) is 9.59 Å². The standard InChI is InChI=1S/C25H30N2O3/c1-5-19-13-14-22-21(15-19)18(4)24(27(22)6-2)25(29)26(17-23(28)30-7-3)16-20-11-9-8-10-12-20/h8-15H,5-7,16-17H2,1-4H3. The molecule has 0 aliphatic heterocycles. The lowest BCUT2D eigenvalue weighted by Gasteiger charge is -2.23. The van der Waals surface area contributed by atoms with Crippen molar-refractivity contribution in [3.05, 3.63) is 70.9 Å². The van der Waals surface area contributed by atoms with E-state index in [-0.39, 0.29) is 12.5 Å². The summed E-state index contributed by atoms with van der Waals surface area (Å²) < 4.78 is 7.18. The van der Waals surface area contributed by atoms with E-state index < -0.39 is 5.97 Å². The highest BCUT2D eigenvalue weighted by molar-refractivity contribution is 6.02. The van der Waals surface area contributed by atoms with Crippen LogP contribution in [0, 0.1) is 6.92 Å². The van der Waals surface area contributed by atoms with Crippen LogP contribution in [0.4, 0.5) is 0 Å². The van der Waals surface area contributed by atoms with Crippen LogP contribution in [0.5, 0.6) is 0 Å². The molecule has 1 heterocycles. The summed E-state index contributed by atoms with van der Waals surface area (Å²) in [6.45, 7) is 9.17. The van der Waals surface area contributed by atoms with E-state index in [1.54, 1.807) is 11.8 Å². The average Bonchev–Trinajstić information content (AvgIpc) is 3.04. The van der Waals surface area contributed by atoms with Crippen LogP contribution in [0.3, 0.4) is 0 Å². The van der Waals surface area contributed by atoms with Crippen molar-refractivity contribution >= 4 is 22.8 Å². The smallest absolute Gasteiger partial charge is 0.325 e. The monoisotopic (exact) mass is 406 g/mol. The summed E-state index contributed by atoms with van der Waals surface area (Å²) in [4.78, 5) is 27.5. The van der Waals surface area contributed by atoms with Gasteiger partial charge in [0.1, 0.15) is 12.2 Å². The highest BCUT2D eigenvalue weighted by atomic mass is 16.5. The van der Waals surface area contributed by atoms with Gasteiger partial charge in [-0.05, 0) is 56.0 Å². The molecule has 2 aromatic carbocycles. The fourth-order valence-electron chi connectivity index (χ4n) is 3.91. The second kappa shape index (κ2) is 9.61. The van der Waals surface area contributed by atoms with E-state index in [0.29, 0.717) is 25.4 Å². The van der Waals surface area contributed by atoms with E-state index in [0.717, 1.165) is 28.5 Å². The number of benzene rings is 2. The molecule has 0 aliphatic rings. The molecule has 158 valence electrons. The number of amides is 1. The van der Waals surface area contributed by atoms with E-state index >= 15 is 0 Å². The second-order valence-corrected chi connectivity index (χ2v) is 7.37. The summed E-state index contributed by atoms with van der Waals surface area (Å²) in [7, 11) is 0. The SMILES string of the molecule is CCOC(=O)CN(Cc1ccccc1)C(=O)c1c(C)c2cc(CC)ccc2n1CC.